The van der Waals surface area contributed by atoms with E-state index in [1.807, 2.05) is 60.9 Å². The molecule has 1 atom stereocenters. The quantitative estimate of drug-likeness (QED) is 0.470. The molecular formula is C24H26N6O3. The van der Waals surface area contributed by atoms with E-state index in [1.165, 1.54) is 9.13 Å². The lowest BCUT2D eigenvalue weighted by atomic mass is 10.0. The first-order valence-electron chi connectivity index (χ1n) is 10.9. The third-order valence-electron chi connectivity index (χ3n) is 6.37. The van der Waals surface area contributed by atoms with E-state index in [2.05, 4.69) is 10.1 Å². The van der Waals surface area contributed by atoms with Gasteiger partial charge in [-0.3, -0.25) is 18.5 Å². The molecule has 0 saturated heterocycles. The van der Waals surface area contributed by atoms with E-state index in [1.54, 1.807) is 19.2 Å². The van der Waals surface area contributed by atoms with Gasteiger partial charge in [0, 0.05) is 14.2 Å². The van der Waals surface area contributed by atoms with Crippen molar-refractivity contribution in [2.24, 2.45) is 12.1 Å². The molecule has 2 aromatic heterocycles. The standard InChI is InChI=1S/C24H26N6O3/c1-15-16(2)30-20-21(25-23(30)29(26-15)12-13-33-4)27(3)24(32)28(22(20)31)14-18-10-7-9-17-8-5-6-11-19(17)18/h5-11,16H,12-14H2,1-4H3. The van der Waals surface area contributed by atoms with Crippen LogP contribution >= 0.6 is 0 Å². The molecule has 0 bridgehead atoms. The minimum Gasteiger partial charge on any atom is -0.383 e. The van der Waals surface area contributed by atoms with Crippen molar-refractivity contribution < 1.29 is 4.74 Å². The number of aromatic nitrogens is 4. The second kappa shape index (κ2) is 8.00. The smallest absolute Gasteiger partial charge is 0.332 e. The number of ether oxygens (including phenoxy) is 1. The summed E-state index contributed by atoms with van der Waals surface area (Å²) in [5.41, 5.74) is 1.77. The molecule has 0 aliphatic carbocycles. The number of hydrazone groups is 1. The van der Waals surface area contributed by atoms with Crippen molar-refractivity contribution in [2.75, 3.05) is 25.3 Å². The third kappa shape index (κ3) is 3.27. The van der Waals surface area contributed by atoms with Crippen molar-refractivity contribution in [1.82, 2.24) is 18.7 Å². The summed E-state index contributed by atoms with van der Waals surface area (Å²) in [7, 11) is 3.28. The van der Waals surface area contributed by atoms with Gasteiger partial charge in [-0.05, 0) is 30.2 Å². The van der Waals surface area contributed by atoms with E-state index in [9.17, 15) is 9.59 Å². The predicted molar refractivity (Wildman–Crippen MR) is 129 cm³/mol. The van der Waals surface area contributed by atoms with Crippen LogP contribution in [0, 0.1) is 0 Å². The van der Waals surface area contributed by atoms with E-state index in [0.29, 0.717) is 30.3 Å². The van der Waals surface area contributed by atoms with Crippen molar-refractivity contribution in [3.63, 3.8) is 0 Å². The van der Waals surface area contributed by atoms with Crippen molar-refractivity contribution in [2.45, 2.75) is 26.4 Å². The first kappa shape index (κ1) is 21.1. The average Bonchev–Trinajstić information content (AvgIpc) is 3.23. The Morgan fingerprint density at radius 1 is 1.09 bits per heavy atom. The zero-order valence-electron chi connectivity index (χ0n) is 19.1. The lowest BCUT2D eigenvalue weighted by Crippen LogP contribution is -2.40. The molecule has 0 radical (unpaired) electrons. The van der Waals surface area contributed by atoms with Gasteiger partial charge >= 0.3 is 5.69 Å². The molecule has 4 aromatic rings. The van der Waals surface area contributed by atoms with Crippen molar-refractivity contribution in [3.8, 4) is 0 Å². The maximum atomic E-state index is 13.8. The van der Waals surface area contributed by atoms with E-state index in [4.69, 9.17) is 4.74 Å². The van der Waals surface area contributed by atoms with Gasteiger partial charge in [0.05, 0.1) is 31.4 Å². The first-order chi connectivity index (χ1) is 15.9. The summed E-state index contributed by atoms with van der Waals surface area (Å²) in [5.74, 6) is 0.537. The zero-order chi connectivity index (χ0) is 23.3. The summed E-state index contributed by atoms with van der Waals surface area (Å²) in [6.45, 7) is 5.03. The van der Waals surface area contributed by atoms with Crippen LogP contribution < -0.4 is 16.3 Å². The number of anilines is 1. The SMILES string of the molecule is COCCN1N=C(C)C(C)n2c1nc1c2c(=O)n(Cc2cccc3ccccc23)c(=O)n1C. The van der Waals surface area contributed by atoms with Crippen LogP contribution in [0.15, 0.2) is 57.2 Å². The highest BCUT2D eigenvalue weighted by Gasteiger charge is 2.30. The number of hydrogen-bond donors (Lipinski definition) is 0. The van der Waals surface area contributed by atoms with Gasteiger partial charge in [-0.25, -0.2) is 9.80 Å². The molecular weight excluding hydrogens is 420 g/mol. The summed E-state index contributed by atoms with van der Waals surface area (Å²) in [5, 5.41) is 8.45. The number of nitrogens with zero attached hydrogens (tertiary/aromatic N) is 6. The number of methoxy groups -OCH3 is 1. The van der Waals surface area contributed by atoms with Crippen LogP contribution in [-0.4, -0.2) is 44.7 Å². The molecule has 0 fully saturated rings. The Hall–Kier alpha value is -3.72. The highest BCUT2D eigenvalue weighted by Crippen LogP contribution is 2.29. The Bertz CT molecular complexity index is 1520. The van der Waals surface area contributed by atoms with Crippen LogP contribution in [0.25, 0.3) is 21.9 Å². The van der Waals surface area contributed by atoms with E-state index in [0.717, 1.165) is 22.0 Å². The van der Waals surface area contributed by atoms with Gasteiger partial charge in [0.1, 0.15) is 0 Å². The van der Waals surface area contributed by atoms with Gasteiger partial charge in [0.15, 0.2) is 11.2 Å². The van der Waals surface area contributed by atoms with Crippen LogP contribution in [0.3, 0.4) is 0 Å². The fraction of sp³-hybridized carbons (Fsp3) is 0.333. The number of rotatable bonds is 5. The average molecular weight is 447 g/mol. The van der Waals surface area contributed by atoms with Gasteiger partial charge < -0.3 is 4.74 Å². The van der Waals surface area contributed by atoms with Crippen LogP contribution in [0.5, 0.6) is 0 Å². The highest BCUT2D eigenvalue weighted by molar-refractivity contribution is 5.91. The molecule has 5 rings (SSSR count). The van der Waals surface area contributed by atoms with Gasteiger partial charge in [0.2, 0.25) is 5.95 Å². The predicted octanol–water partition coefficient (Wildman–Crippen LogP) is 2.50. The van der Waals surface area contributed by atoms with Crippen LogP contribution in [0.2, 0.25) is 0 Å². The molecule has 9 heteroatoms. The van der Waals surface area contributed by atoms with Crippen molar-refractivity contribution >= 4 is 33.6 Å². The zero-order valence-corrected chi connectivity index (χ0v) is 19.1. The summed E-state index contributed by atoms with van der Waals surface area (Å²) in [6, 6.07) is 13.7. The number of benzene rings is 2. The second-order valence-corrected chi connectivity index (χ2v) is 8.36. The summed E-state index contributed by atoms with van der Waals surface area (Å²) >= 11 is 0. The minimum absolute atomic E-state index is 0.167. The Kier molecular flexibility index (Phi) is 5.13. The minimum atomic E-state index is -0.399. The third-order valence-corrected chi connectivity index (χ3v) is 6.37. The van der Waals surface area contributed by atoms with Crippen LogP contribution in [0.1, 0.15) is 25.5 Å². The first-order valence-corrected chi connectivity index (χ1v) is 10.9. The fourth-order valence-corrected chi connectivity index (χ4v) is 4.45. The second-order valence-electron chi connectivity index (χ2n) is 8.36. The number of fused-ring (bicyclic) bond motifs is 4. The van der Waals surface area contributed by atoms with Crippen molar-refractivity contribution in [1.29, 1.82) is 0 Å². The van der Waals surface area contributed by atoms with Gasteiger partial charge in [0.25, 0.3) is 5.56 Å². The van der Waals surface area contributed by atoms with Gasteiger partial charge in [-0.1, -0.05) is 42.5 Å². The van der Waals surface area contributed by atoms with E-state index < -0.39 is 5.69 Å². The molecule has 1 aliphatic rings. The van der Waals surface area contributed by atoms with Gasteiger partial charge in [-0.15, -0.1) is 0 Å². The maximum Gasteiger partial charge on any atom is 0.332 e. The summed E-state index contributed by atoms with van der Waals surface area (Å²) < 4.78 is 9.84. The Balaban J connectivity index is 1.73. The molecule has 9 nitrogen and oxygen atoms in total. The molecule has 33 heavy (non-hydrogen) atoms. The molecule has 0 N–H and O–H groups in total. The Labute approximate surface area is 190 Å². The van der Waals surface area contributed by atoms with E-state index in [-0.39, 0.29) is 18.1 Å². The lowest BCUT2D eigenvalue weighted by Gasteiger charge is -2.29. The van der Waals surface area contributed by atoms with E-state index >= 15 is 0 Å². The van der Waals surface area contributed by atoms with Gasteiger partial charge in [-0.2, -0.15) is 10.1 Å². The molecule has 1 aliphatic heterocycles. The number of hydrogen-bond acceptors (Lipinski definition) is 6. The van der Waals surface area contributed by atoms with Crippen LogP contribution in [0.4, 0.5) is 5.95 Å². The summed E-state index contributed by atoms with van der Waals surface area (Å²) in [4.78, 5) is 31.7. The Morgan fingerprint density at radius 2 is 1.85 bits per heavy atom. The molecule has 0 saturated carbocycles. The lowest BCUT2D eigenvalue weighted by molar-refractivity contribution is 0.204. The molecule has 0 spiro atoms. The normalized spacial score (nSPS) is 15.8. The molecule has 170 valence electrons. The molecule has 1 unspecified atom stereocenters. The monoisotopic (exact) mass is 446 g/mol. The molecule has 3 heterocycles. The maximum absolute atomic E-state index is 13.8. The molecule has 2 aromatic carbocycles. The number of aryl methyl sites for hydroxylation is 1. The highest BCUT2D eigenvalue weighted by atomic mass is 16.5. The Morgan fingerprint density at radius 3 is 2.64 bits per heavy atom. The molecule has 0 amide bonds. The fourth-order valence-electron chi connectivity index (χ4n) is 4.45. The van der Waals surface area contributed by atoms with Crippen molar-refractivity contribution in [3.05, 3.63) is 68.9 Å². The van der Waals surface area contributed by atoms with Crippen LogP contribution in [-0.2, 0) is 18.3 Å². The summed E-state index contributed by atoms with van der Waals surface area (Å²) in [6.07, 6.45) is 0. The topological polar surface area (TPSA) is 86.7 Å². The number of imidazole rings is 1. The largest absolute Gasteiger partial charge is 0.383 e.